The molecule has 2 aromatic rings. The van der Waals surface area contributed by atoms with Gasteiger partial charge in [0.1, 0.15) is 5.37 Å². The van der Waals surface area contributed by atoms with E-state index in [1.54, 1.807) is 12.1 Å². The number of amides is 1. The number of carboxylic acids is 1. The molecule has 3 atom stereocenters. The average molecular weight is 626 g/mol. The highest BCUT2D eigenvalue weighted by Gasteiger charge is 2.57. The Hall–Kier alpha value is -2.60. The zero-order valence-electron chi connectivity index (χ0n) is 24.3. The molecule has 43 heavy (non-hydrogen) atoms. The SMILES string of the molecule is CC(O)C1C(=O)N2C(C(=O)[O-])=C(CN3c4cccc5c(CCC67CCC(CCCO)(CC6)CC7)ccc(c45)S3(=O)=O)SC12. The van der Waals surface area contributed by atoms with Crippen LogP contribution in [0.1, 0.15) is 70.3 Å². The molecule has 0 aromatic heterocycles. The molecule has 2 bridgehead atoms. The van der Waals surface area contributed by atoms with Crippen LogP contribution in [0.15, 0.2) is 45.8 Å². The van der Waals surface area contributed by atoms with E-state index < -0.39 is 39.3 Å². The molecule has 0 radical (unpaired) electrons. The average Bonchev–Trinajstić information content (AvgIpc) is 3.42. The van der Waals surface area contributed by atoms with Gasteiger partial charge in [0.05, 0.1) is 40.8 Å². The third-order valence-corrected chi connectivity index (χ3v) is 14.3. The number of anilines is 1. The van der Waals surface area contributed by atoms with Gasteiger partial charge in [-0.3, -0.25) is 14.0 Å². The summed E-state index contributed by atoms with van der Waals surface area (Å²) in [4.78, 5) is 26.3. The second kappa shape index (κ2) is 10.2. The highest BCUT2D eigenvalue weighted by molar-refractivity contribution is 8.04. The van der Waals surface area contributed by atoms with Crippen molar-refractivity contribution in [1.29, 1.82) is 0 Å². The summed E-state index contributed by atoms with van der Waals surface area (Å²) in [5.41, 5.74) is 2.06. The summed E-state index contributed by atoms with van der Waals surface area (Å²) in [6.45, 7) is 1.53. The van der Waals surface area contributed by atoms with Crippen molar-refractivity contribution in [3.63, 3.8) is 0 Å². The van der Waals surface area contributed by atoms with Crippen LogP contribution < -0.4 is 9.41 Å². The molecule has 3 heterocycles. The number of thioether (sulfide) groups is 1. The molecule has 9 nitrogen and oxygen atoms in total. The first-order chi connectivity index (χ1) is 20.5. The lowest BCUT2D eigenvalue weighted by atomic mass is 9.51. The van der Waals surface area contributed by atoms with Gasteiger partial charge in [0.15, 0.2) is 0 Å². The summed E-state index contributed by atoms with van der Waals surface area (Å²) in [6, 6.07) is 9.20. The van der Waals surface area contributed by atoms with Crippen LogP contribution in [0.4, 0.5) is 5.69 Å². The van der Waals surface area contributed by atoms with Gasteiger partial charge in [-0.25, -0.2) is 8.42 Å². The lowest BCUT2D eigenvalue weighted by Crippen LogP contribution is -2.61. The second-order valence-electron chi connectivity index (χ2n) is 13.3. The molecule has 230 valence electrons. The Labute approximate surface area is 256 Å². The largest absolute Gasteiger partial charge is 0.543 e. The van der Waals surface area contributed by atoms with Crippen LogP contribution in [-0.4, -0.2) is 60.0 Å². The molecule has 3 aliphatic heterocycles. The zero-order chi connectivity index (χ0) is 30.3. The number of hydrogen-bond acceptors (Lipinski definition) is 8. The fraction of sp³-hybridized carbons (Fsp3) is 0.562. The Morgan fingerprint density at radius 2 is 1.77 bits per heavy atom. The predicted octanol–water partition coefficient (Wildman–Crippen LogP) is 3.27. The highest BCUT2D eigenvalue weighted by Crippen LogP contribution is 2.60. The van der Waals surface area contributed by atoms with Gasteiger partial charge in [0.25, 0.3) is 10.0 Å². The number of hydrogen-bond donors (Lipinski definition) is 2. The molecule has 2 N–H and O–H groups in total. The first-order valence-electron chi connectivity index (χ1n) is 15.3. The molecule has 11 heteroatoms. The minimum absolute atomic E-state index is 0.212. The van der Waals surface area contributed by atoms with Crippen LogP contribution in [0.3, 0.4) is 0 Å². The van der Waals surface area contributed by atoms with E-state index in [0.29, 0.717) is 21.9 Å². The van der Waals surface area contributed by atoms with Gasteiger partial charge < -0.3 is 20.1 Å². The molecule has 2 aromatic carbocycles. The molecular weight excluding hydrogens is 588 g/mol. The number of fused-ring (bicyclic) bond motifs is 4. The van der Waals surface area contributed by atoms with E-state index in [9.17, 15) is 33.3 Å². The van der Waals surface area contributed by atoms with E-state index in [2.05, 4.69) is 0 Å². The standard InChI is InChI=1S/C32H38N2O7S2/c1-19(36)25-28(37)34-27(30(38)39)23(42-29(25)34)18-33-22-5-2-4-21-20(6-7-24(26(21)22)43(33,40)41)8-10-32-14-11-31(12-15-32,13-16-32)9-3-17-35/h2,4-7,19,25,29,35-36H,3,8-18H2,1H3,(H,38,39)/p-1. The summed E-state index contributed by atoms with van der Waals surface area (Å²) in [5, 5.41) is 32.5. The Kier molecular flexibility index (Phi) is 6.92. The number of aliphatic carboxylic acids is 1. The van der Waals surface area contributed by atoms with Gasteiger partial charge in [0.2, 0.25) is 5.91 Å². The van der Waals surface area contributed by atoms with E-state index in [4.69, 9.17) is 0 Å². The summed E-state index contributed by atoms with van der Waals surface area (Å²) >= 11 is 1.12. The van der Waals surface area contributed by atoms with Crippen molar-refractivity contribution in [2.75, 3.05) is 17.5 Å². The molecule has 6 aliphatic rings. The van der Waals surface area contributed by atoms with E-state index in [1.807, 2.05) is 18.2 Å². The molecule has 0 spiro atoms. The smallest absolute Gasteiger partial charge is 0.265 e. The maximum Gasteiger partial charge on any atom is 0.265 e. The summed E-state index contributed by atoms with van der Waals surface area (Å²) in [7, 11) is -3.97. The molecule has 3 unspecified atom stereocenters. The van der Waals surface area contributed by atoms with Gasteiger partial charge in [-0.1, -0.05) is 30.0 Å². The fourth-order valence-electron chi connectivity index (χ4n) is 8.51. The number of aliphatic hydroxyl groups excluding tert-OH is 2. The Morgan fingerprint density at radius 1 is 1.09 bits per heavy atom. The number of benzene rings is 2. The number of β-lactam (4-membered cyclic amide) rings is 1. The van der Waals surface area contributed by atoms with Crippen molar-refractivity contribution >= 4 is 50.1 Å². The van der Waals surface area contributed by atoms with Crippen molar-refractivity contribution in [1.82, 2.24) is 4.90 Å². The van der Waals surface area contributed by atoms with Crippen LogP contribution >= 0.6 is 11.8 Å². The van der Waals surface area contributed by atoms with Gasteiger partial charge in [-0.15, -0.1) is 0 Å². The van der Waals surface area contributed by atoms with Crippen LogP contribution in [0.5, 0.6) is 0 Å². The number of carbonyl (C=O) groups excluding carboxylic acids is 2. The van der Waals surface area contributed by atoms with Crippen LogP contribution in [-0.2, 0) is 26.0 Å². The maximum atomic E-state index is 13.9. The second-order valence-corrected chi connectivity index (χ2v) is 16.3. The van der Waals surface area contributed by atoms with Crippen LogP contribution in [0.25, 0.3) is 10.8 Å². The van der Waals surface area contributed by atoms with Crippen molar-refractivity contribution < 1.29 is 33.3 Å². The first kappa shape index (κ1) is 29.1. The number of aryl methyl sites for hydroxylation is 1. The Balaban J connectivity index is 1.15. The molecule has 3 aliphatic carbocycles. The van der Waals surface area contributed by atoms with Crippen molar-refractivity contribution in [2.45, 2.75) is 87.5 Å². The summed E-state index contributed by atoms with van der Waals surface area (Å²) < 4.78 is 29.0. The summed E-state index contributed by atoms with van der Waals surface area (Å²) in [5.74, 6) is -2.78. The normalized spacial score (nSPS) is 31.1. The number of carbonyl (C=O) groups is 2. The van der Waals surface area contributed by atoms with Crippen molar-refractivity contribution in [3.8, 4) is 0 Å². The number of nitrogens with zero attached hydrogens (tertiary/aromatic N) is 2. The van der Waals surface area contributed by atoms with Crippen LogP contribution in [0.2, 0.25) is 0 Å². The maximum absolute atomic E-state index is 13.9. The van der Waals surface area contributed by atoms with E-state index in [0.717, 1.165) is 53.3 Å². The van der Waals surface area contributed by atoms with Crippen LogP contribution in [0, 0.1) is 16.7 Å². The van der Waals surface area contributed by atoms with Gasteiger partial charge >= 0.3 is 0 Å². The van der Waals surface area contributed by atoms with Crippen molar-refractivity contribution in [2.24, 2.45) is 16.7 Å². The topological polar surface area (TPSA) is 138 Å². The summed E-state index contributed by atoms with van der Waals surface area (Å²) in [6.07, 6.45) is 10.3. The van der Waals surface area contributed by atoms with Gasteiger partial charge in [-0.2, -0.15) is 0 Å². The highest BCUT2D eigenvalue weighted by atomic mass is 32.2. The Morgan fingerprint density at radius 3 is 2.40 bits per heavy atom. The number of rotatable bonds is 10. The van der Waals surface area contributed by atoms with Gasteiger partial charge in [0, 0.05) is 16.9 Å². The van der Waals surface area contributed by atoms with E-state index in [1.165, 1.54) is 49.8 Å². The van der Waals surface area contributed by atoms with E-state index >= 15 is 0 Å². The molecule has 3 saturated carbocycles. The lowest BCUT2D eigenvalue weighted by molar-refractivity contribution is -0.301. The first-order valence-corrected chi connectivity index (χ1v) is 17.6. The van der Waals surface area contributed by atoms with E-state index in [-0.39, 0.29) is 28.6 Å². The number of sulfonamides is 1. The molecular formula is C32H37N2O7S2-. The predicted molar refractivity (Wildman–Crippen MR) is 161 cm³/mol. The zero-order valence-corrected chi connectivity index (χ0v) is 25.9. The molecule has 8 rings (SSSR count). The number of aliphatic hydroxyl groups is 2. The third kappa shape index (κ3) is 4.36. The lowest BCUT2D eigenvalue weighted by Gasteiger charge is -2.54. The Bertz CT molecular complexity index is 1640. The monoisotopic (exact) mass is 625 g/mol. The van der Waals surface area contributed by atoms with Gasteiger partial charge in [-0.05, 0) is 105 Å². The number of carboxylic acid groups (broad SMARTS) is 1. The minimum Gasteiger partial charge on any atom is -0.543 e. The molecule has 1 saturated heterocycles. The quantitative estimate of drug-likeness (QED) is 0.384. The van der Waals surface area contributed by atoms with Crippen molar-refractivity contribution in [3.05, 3.63) is 46.5 Å². The fourth-order valence-corrected chi connectivity index (χ4v) is 11.8. The third-order valence-electron chi connectivity index (χ3n) is 11.1. The molecule has 1 amide bonds. The molecule has 4 fully saturated rings. The minimum atomic E-state index is -3.97.